The Morgan fingerprint density at radius 2 is 2.05 bits per heavy atom. The number of nitrogen functional groups attached to an aromatic ring is 1. The summed E-state index contributed by atoms with van der Waals surface area (Å²) in [6.07, 6.45) is -2.94. The quantitative estimate of drug-likeness (QED) is 0.651. The molecule has 0 spiro atoms. The Labute approximate surface area is 113 Å². The molecule has 20 heavy (non-hydrogen) atoms. The molecule has 0 saturated carbocycles. The Kier molecular flexibility index (Phi) is 4.23. The van der Waals surface area contributed by atoms with Crippen molar-refractivity contribution in [3.05, 3.63) is 24.5 Å². The van der Waals surface area contributed by atoms with E-state index in [1.807, 2.05) is 0 Å². The summed E-state index contributed by atoms with van der Waals surface area (Å²) in [5.74, 6) is 0.533. The highest BCUT2D eigenvalue weighted by molar-refractivity contribution is 5.90. The highest BCUT2D eigenvalue weighted by Gasteiger charge is 2.27. The van der Waals surface area contributed by atoms with E-state index in [0.29, 0.717) is 17.0 Å². The molecule has 2 rings (SSSR count). The number of nitrogens with two attached hydrogens (primary N) is 1. The molecule has 0 aliphatic rings. The van der Waals surface area contributed by atoms with Gasteiger partial charge < -0.3 is 15.8 Å². The molecule has 1 aromatic heterocycles. The van der Waals surface area contributed by atoms with Crippen LogP contribution >= 0.6 is 0 Å². The van der Waals surface area contributed by atoms with Gasteiger partial charge in [-0.25, -0.2) is 9.97 Å². The standard InChI is InChI=1S/C12H13F3N4O/c13-12(14,15)6-20-4-3-17-11-9-2-1-8(16)5-10(9)18-7-19-11/h1-2,5,7H,3-4,6,16H2,(H,17,18,19). The van der Waals surface area contributed by atoms with Crippen molar-refractivity contribution in [1.82, 2.24) is 9.97 Å². The molecule has 108 valence electrons. The highest BCUT2D eigenvalue weighted by atomic mass is 19.4. The summed E-state index contributed by atoms with van der Waals surface area (Å²) in [6.45, 7) is -1.11. The lowest BCUT2D eigenvalue weighted by atomic mass is 10.2. The molecule has 0 atom stereocenters. The van der Waals surface area contributed by atoms with Gasteiger partial charge in [0.2, 0.25) is 0 Å². The van der Waals surface area contributed by atoms with Gasteiger partial charge in [0.15, 0.2) is 0 Å². The zero-order valence-corrected chi connectivity index (χ0v) is 10.4. The van der Waals surface area contributed by atoms with E-state index in [2.05, 4.69) is 20.0 Å². The molecule has 0 saturated heterocycles. The van der Waals surface area contributed by atoms with Gasteiger partial charge in [-0.05, 0) is 18.2 Å². The molecular weight excluding hydrogens is 273 g/mol. The van der Waals surface area contributed by atoms with E-state index in [4.69, 9.17) is 5.73 Å². The van der Waals surface area contributed by atoms with E-state index in [-0.39, 0.29) is 13.2 Å². The lowest BCUT2D eigenvalue weighted by Crippen LogP contribution is -2.20. The first-order valence-corrected chi connectivity index (χ1v) is 5.84. The fraction of sp³-hybridized carbons (Fsp3) is 0.333. The van der Waals surface area contributed by atoms with Crippen molar-refractivity contribution in [2.75, 3.05) is 30.8 Å². The van der Waals surface area contributed by atoms with Crippen molar-refractivity contribution in [2.45, 2.75) is 6.18 Å². The number of hydrogen-bond donors (Lipinski definition) is 2. The van der Waals surface area contributed by atoms with Gasteiger partial charge in [0.25, 0.3) is 0 Å². The number of fused-ring (bicyclic) bond motifs is 1. The average molecular weight is 286 g/mol. The van der Waals surface area contributed by atoms with Crippen LogP contribution in [-0.4, -0.2) is 35.9 Å². The summed E-state index contributed by atoms with van der Waals surface area (Å²) >= 11 is 0. The van der Waals surface area contributed by atoms with Gasteiger partial charge in [0, 0.05) is 17.6 Å². The third kappa shape index (κ3) is 3.95. The molecule has 0 aliphatic carbocycles. The van der Waals surface area contributed by atoms with E-state index >= 15 is 0 Å². The van der Waals surface area contributed by atoms with Gasteiger partial charge in [0.05, 0.1) is 12.1 Å². The Balaban J connectivity index is 1.93. The van der Waals surface area contributed by atoms with Gasteiger partial charge in [-0.2, -0.15) is 13.2 Å². The summed E-state index contributed by atoms with van der Waals surface area (Å²) in [4.78, 5) is 8.11. The molecule has 0 radical (unpaired) electrons. The predicted molar refractivity (Wildman–Crippen MR) is 69.3 cm³/mol. The smallest absolute Gasteiger partial charge is 0.399 e. The summed E-state index contributed by atoms with van der Waals surface area (Å²) in [6, 6.07) is 5.16. The number of aromatic nitrogens is 2. The van der Waals surface area contributed by atoms with Crippen molar-refractivity contribution in [3.63, 3.8) is 0 Å². The van der Waals surface area contributed by atoms with Crippen LogP contribution in [0.4, 0.5) is 24.7 Å². The fourth-order valence-electron chi connectivity index (χ4n) is 1.64. The van der Waals surface area contributed by atoms with Crippen molar-refractivity contribution in [1.29, 1.82) is 0 Å². The maximum Gasteiger partial charge on any atom is 0.411 e. The molecular formula is C12H13F3N4O. The van der Waals surface area contributed by atoms with Crippen LogP contribution in [-0.2, 0) is 4.74 Å². The maximum absolute atomic E-state index is 11.9. The second kappa shape index (κ2) is 5.91. The molecule has 8 heteroatoms. The number of hydrogen-bond acceptors (Lipinski definition) is 5. The molecule has 0 bridgehead atoms. The number of rotatable bonds is 5. The predicted octanol–water partition coefficient (Wildman–Crippen LogP) is 2.20. The molecule has 0 aliphatic heterocycles. The summed E-state index contributed by atoms with van der Waals surface area (Å²) in [5.41, 5.74) is 6.89. The van der Waals surface area contributed by atoms with E-state index in [0.717, 1.165) is 5.39 Å². The van der Waals surface area contributed by atoms with Crippen LogP contribution in [0, 0.1) is 0 Å². The number of nitrogens with one attached hydrogen (secondary N) is 1. The Morgan fingerprint density at radius 1 is 1.25 bits per heavy atom. The van der Waals surface area contributed by atoms with Crippen LogP contribution < -0.4 is 11.1 Å². The number of alkyl halides is 3. The topological polar surface area (TPSA) is 73.1 Å². The van der Waals surface area contributed by atoms with Gasteiger partial charge in [-0.15, -0.1) is 0 Å². The SMILES string of the molecule is Nc1ccc2c(NCCOCC(F)(F)F)ncnc2c1. The van der Waals surface area contributed by atoms with Crippen molar-refractivity contribution in [2.24, 2.45) is 0 Å². The van der Waals surface area contributed by atoms with E-state index < -0.39 is 12.8 Å². The van der Waals surface area contributed by atoms with Gasteiger partial charge in [-0.3, -0.25) is 0 Å². The Hall–Kier alpha value is -2.09. The highest BCUT2D eigenvalue weighted by Crippen LogP contribution is 2.21. The zero-order chi connectivity index (χ0) is 14.6. The molecule has 0 amide bonds. The molecule has 2 aromatic rings. The fourth-order valence-corrected chi connectivity index (χ4v) is 1.64. The van der Waals surface area contributed by atoms with Crippen LogP contribution in [0.1, 0.15) is 0 Å². The molecule has 0 unspecified atom stereocenters. The van der Waals surface area contributed by atoms with E-state index in [1.165, 1.54) is 6.33 Å². The molecule has 3 N–H and O–H groups in total. The van der Waals surface area contributed by atoms with Crippen LogP contribution in [0.5, 0.6) is 0 Å². The minimum Gasteiger partial charge on any atom is -0.399 e. The largest absolute Gasteiger partial charge is 0.411 e. The minimum atomic E-state index is -4.31. The molecule has 1 heterocycles. The maximum atomic E-state index is 11.9. The van der Waals surface area contributed by atoms with Gasteiger partial charge >= 0.3 is 6.18 Å². The van der Waals surface area contributed by atoms with Crippen LogP contribution in [0.15, 0.2) is 24.5 Å². The lowest BCUT2D eigenvalue weighted by Gasteiger charge is -2.10. The van der Waals surface area contributed by atoms with E-state index in [1.54, 1.807) is 18.2 Å². The normalized spacial score (nSPS) is 11.8. The summed E-state index contributed by atoms with van der Waals surface area (Å²) < 4.78 is 40.1. The first-order chi connectivity index (χ1) is 9.46. The van der Waals surface area contributed by atoms with E-state index in [9.17, 15) is 13.2 Å². The number of nitrogens with zero attached hydrogens (tertiary/aromatic N) is 2. The first kappa shape index (κ1) is 14.3. The van der Waals surface area contributed by atoms with Crippen LogP contribution in [0.25, 0.3) is 10.9 Å². The van der Waals surface area contributed by atoms with Crippen molar-refractivity contribution in [3.8, 4) is 0 Å². The average Bonchev–Trinajstić information content (AvgIpc) is 2.36. The molecule has 5 nitrogen and oxygen atoms in total. The zero-order valence-electron chi connectivity index (χ0n) is 10.4. The molecule has 1 aromatic carbocycles. The van der Waals surface area contributed by atoms with Crippen LogP contribution in [0.3, 0.4) is 0 Å². The second-order valence-electron chi connectivity index (χ2n) is 4.09. The summed E-state index contributed by atoms with van der Waals surface area (Å²) in [7, 11) is 0. The van der Waals surface area contributed by atoms with Gasteiger partial charge in [0.1, 0.15) is 18.8 Å². The second-order valence-corrected chi connectivity index (χ2v) is 4.09. The van der Waals surface area contributed by atoms with Crippen LogP contribution in [0.2, 0.25) is 0 Å². The molecule has 0 fully saturated rings. The number of ether oxygens (including phenoxy) is 1. The number of halogens is 3. The Morgan fingerprint density at radius 3 is 2.80 bits per heavy atom. The monoisotopic (exact) mass is 286 g/mol. The first-order valence-electron chi connectivity index (χ1n) is 5.84. The number of anilines is 2. The van der Waals surface area contributed by atoms with Crippen molar-refractivity contribution < 1.29 is 17.9 Å². The summed E-state index contributed by atoms with van der Waals surface area (Å²) in [5, 5.41) is 3.66. The lowest BCUT2D eigenvalue weighted by molar-refractivity contribution is -0.172. The third-order valence-electron chi connectivity index (χ3n) is 2.47. The van der Waals surface area contributed by atoms with Gasteiger partial charge in [-0.1, -0.05) is 0 Å². The third-order valence-corrected chi connectivity index (χ3v) is 2.47. The number of benzene rings is 1. The minimum absolute atomic E-state index is 0.0695. The Bertz CT molecular complexity index is 588. The van der Waals surface area contributed by atoms with Crippen molar-refractivity contribution >= 4 is 22.4 Å².